The van der Waals surface area contributed by atoms with Crippen molar-refractivity contribution in [2.45, 2.75) is 18.7 Å². The number of nitrogens with zero attached hydrogens (tertiary/aromatic N) is 4. The second-order valence-electron chi connectivity index (χ2n) is 6.91. The third-order valence-corrected chi connectivity index (χ3v) is 5.74. The maximum absolute atomic E-state index is 12.6. The van der Waals surface area contributed by atoms with Crippen LogP contribution in [0, 0.1) is 25.2 Å². The third kappa shape index (κ3) is 4.58. The van der Waals surface area contributed by atoms with E-state index >= 15 is 0 Å². The fourth-order valence-corrected chi connectivity index (χ4v) is 3.91. The first kappa shape index (κ1) is 21.0. The number of anilines is 2. The summed E-state index contributed by atoms with van der Waals surface area (Å²) in [5, 5.41) is 12.4. The maximum Gasteiger partial charge on any atom is 0.264 e. The molecule has 0 saturated carbocycles. The molecule has 2 aromatic carbocycles. The van der Waals surface area contributed by atoms with E-state index in [9.17, 15) is 13.7 Å². The van der Waals surface area contributed by atoms with E-state index in [1.165, 1.54) is 18.3 Å². The van der Waals surface area contributed by atoms with E-state index in [4.69, 9.17) is 4.42 Å². The first-order valence-electron chi connectivity index (χ1n) is 9.52. The molecule has 0 radical (unpaired) electrons. The van der Waals surface area contributed by atoms with Gasteiger partial charge in [-0.05, 0) is 56.3 Å². The number of oxazole rings is 1. The van der Waals surface area contributed by atoms with E-state index in [-0.39, 0.29) is 22.3 Å². The monoisotopic (exact) mass is 446 g/mol. The summed E-state index contributed by atoms with van der Waals surface area (Å²) in [5.41, 5.74) is 3.33. The molecule has 0 aliphatic carbocycles. The van der Waals surface area contributed by atoms with Crippen molar-refractivity contribution in [3.63, 3.8) is 0 Å². The molecule has 32 heavy (non-hydrogen) atoms. The van der Waals surface area contributed by atoms with Crippen molar-refractivity contribution in [2.75, 3.05) is 10.0 Å². The van der Waals surface area contributed by atoms with Crippen LogP contribution in [0.5, 0.6) is 0 Å². The van der Waals surface area contributed by atoms with Crippen LogP contribution in [-0.2, 0) is 10.0 Å². The minimum atomic E-state index is -3.85. The van der Waals surface area contributed by atoms with Crippen molar-refractivity contribution in [3.8, 4) is 6.07 Å². The minimum Gasteiger partial charge on any atom is -0.435 e. The molecule has 9 nitrogen and oxygen atoms in total. The molecule has 0 saturated heterocycles. The largest absolute Gasteiger partial charge is 0.435 e. The van der Waals surface area contributed by atoms with Crippen LogP contribution in [0.2, 0.25) is 0 Å². The van der Waals surface area contributed by atoms with E-state index in [1.807, 2.05) is 18.2 Å². The van der Waals surface area contributed by atoms with E-state index in [0.29, 0.717) is 28.2 Å². The van der Waals surface area contributed by atoms with Crippen LogP contribution in [0.3, 0.4) is 0 Å². The number of benzene rings is 2. The zero-order valence-electron chi connectivity index (χ0n) is 17.2. The molecule has 0 atom stereocenters. The number of hydrogen-bond donors (Lipinski definition) is 2. The summed E-state index contributed by atoms with van der Waals surface area (Å²) in [6.07, 6.45) is 1.45. The Kier molecular flexibility index (Phi) is 5.57. The Bertz CT molecular complexity index is 1410. The van der Waals surface area contributed by atoms with Crippen molar-refractivity contribution < 1.29 is 12.8 Å². The van der Waals surface area contributed by atoms with Crippen LogP contribution >= 0.6 is 0 Å². The van der Waals surface area contributed by atoms with Gasteiger partial charge in [0.1, 0.15) is 17.2 Å². The van der Waals surface area contributed by atoms with Gasteiger partial charge in [-0.25, -0.2) is 28.1 Å². The quantitative estimate of drug-likeness (QED) is 0.424. The first-order valence-corrected chi connectivity index (χ1v) is 11.0. The van der Waals surface area contributed by atoms with Gasteiger partial charge in [0.25, 0.3) is 10.0 Å². The summed E-state index contributed by atoms with van der Waals surface area (Å²) in [4.78, 5) is 12.5. The Morgan fingerprint density at radius 2 is 1.72 bits per heavy atom. The molecule has 10 heteroatoms. The molecule has 0 unspecified atom stereocenters. The van der Waals surface area contributed by atoms with Gasteiger partial charge < -0.3 is 9.73 Å². The highest BCUT2D eigenvalue weighted by Crippen LogP contribution is 2.21. The first-order chi connectivity index (χ1) is 15.3. The summed E-state index contributed by atoms with van der Waals surface area (Å²) in [6, 6.07) is 17.0. The summed E-state index contributed by atoms with van der Waals surface area (Å²) >= 11 is 0. The lowest BCUT2D eigenvalue weighted by Gasteiger charge is -2.09. The highest BCUT2D eigenvalue weighted by Gasteiger charge is 2.16. The van der Waals surface area contributed by atoms with Crippen molar-refractivity contribution in [1.29, 1.82) is 5.26 Å². The summed E-state index contributed by atoms with van der Waals surface area (Å²) in [6.45, 7) is 3.52. The number of hydrogen-bond acceptors (Lipinski definition) is 8. The van der Waals surface area contributed by atoms with Gasteiger partial charge in [-0.15, -0.1) is 0 Å². The molecule has 2 N–H and O–H groups in total. The predicted octanol–water partition coefficient (Wildman–Crippen LogP) is 4.01. The normalized spacial score (nSPS) is 11.8. The third-order valence-electron chi connectivity index (χ3n) is 4.40. The fraction of sp³-hybridized carbons (Fsp3) is 0.0909. The van der Waals surface area contributed by atoms with Gasteiger partial charge in [-0.2, -0.15) is 5.26 Å². The van der Waals surface area contributed by atoms with Crippen LogP contribution in [0.4, 0.5) is 11.6 Å². The topological polar surface area (TPSA) is 134 Å². The van der Waals surface area contributed by atoms with Crippen LogP contribution in [0.15, 0.2) is 70.1 Å². The SMILES string of the molecule is Cc1cc(C)nc(NS(=O)(=O)c2ccc(N/C=C(/C#N)c3nc4ccccc4o3)cc2)n1. The lowest BCUT2D eigenvalue weighted by Crippen LogP contribution is -2.15. The predicted molar refractivity (Wildman–Crippen MR) is 120 cm³/mol. The molecule has 0 aliphatic heterocycles. The van der Waals surface area contributed by atoms with Gasteiger partial charge in [-0.1, -0.05) is 12.1 Å². The Balaban J connectivity index is 1.50. The average molecular weight is 446 g/mol. The maximum atomic E-state index is 12.6. The van der Waals surface area contributed by atoms with Crippen LogP contribution in [-0.4, -0.2) is 23.4 Å². The van der Waals surface area contributed by atoms with Gasteiger partial charge in [0.2, 0.25) is 11.8 Å². The number of rotatable bonds is 6. The van der Waals surface area contributed by atoms with Gasteiger partial charge in [-0.3, -0.25) is 0 Å². The van der Waals surface area contributed by atoms with Gasteiger partial charge in [0, 0.05) is 23.3 Å². The van der Waals surface area contributed by atoms with E-state index in [1.54, 1.807) is 44.2 Å². The van der Waals surface area contributed by atoms with E-state index in [0.717, 1.165) is 0 Å². The fourth-order valence-electron chi connectivity index (χ4n) is 2.97. The number of sulfonamides is 1. The smallest absolute Gasteiger partial charge is 0.264 e. The lowest BCUT2D eigenvalue weighted by atomic mass is 10.3. The van der Waals surface area contributed by atoms with Crippen LogP contribution in [0.1, 0.15) is 17.3 Å². The van der Waals surface area contributed by atoms with Crippen molar-refractivity contribution in [2.24, 2.45) is 0 Å². The second-order valence-corrected chi connectivity index (χ2v) is 8.59. The molecule has 4 aromatic rings. The number of aromatic nitrogens is 3. The Morgan fingerprint density at radius 3 is 2.38 bits per heavy atom. The Labute approximate surface area is 184 Å². The molecular formula is C22H18N6O3S. The standard InChI is InChI=1S/C22H18N6O3S/c1-14-11-15(2)26-22(25-14)28-32(29,30)18-9-7-17(8-10-18)24-13-16(12-23)21-27-19-5-3-4-6-20(19)31-21/h3-11,13,24H,1-2H3,(H,25,26,28)/b16-13-. The van der Waals surface area contributed by atoms with Crippen LogP contribution < -0.4 is 10.0 Å². The molecule has 160 valence electrons. The number of aryl methyl sites for hydroxylation is 2. The molecule has 0 fully saturated rings. The number of allylic oxidation sites excluding steroid dienone is 1. The van der Waals surface area contributed by atoms with Crippen molar-refractivity contribution in [3.05, 3.63) is 78.1 Å². The molecular weight excluding hydrogens is 428 g/mol. The highest BCUT2D eigenvalue weighted by atomic mass is 32.2. The van der Waals surface area contributed by atoms with Gasteiger partial charge in [0.05, 0.1) is 4.90 Å². The highest BCUT2D eigenvalue weighted by molar-refractivity contribution is 7.92. The molecule has 2 aromatic heterocycles. The minimum absolute atomic E-state index is 0.0182. The zero-order valence-corrected chi connectivity index (χ0v) is 18.0. The molecule has 4 rings (SSSR count). The summed E-state index contributed by atoms with van der Waals surface area (Å²) in [7, 11) is -3.85. The van der Waals surface area contributed by atoms with Crippen molar-refractivity contribution in [1.82, 2.24) is 15.0 Å². The number of para-hydroxylation sites is 2. The lowest BCUT2D eigenvalue weighted by molar-refractivity contribution is 0.586. The van der Waals surface area contributed by atoms with Gasteiger partial charge >= 0.3 is 0 Å². The molecule has 0 amide bonds. The zero-order chi connectivity index (χ0) is 22.7. The Hall–Kier alpha value is -4.23. The van der Waals surface area contributed by atoms with E-state index < -0.39 is 10.0 Å². The molecule has 0 bridgehead atoms. The average Bonchev–Trinajstić information content (AvgIpc) is 3.17. The number of fused-ring (bicyclic) bond motifs is 1. The second kappa shape index (κ2) is 8.49. The molecule has 2 heterocycles. The van der Waals surface area contributed by atoms with Gasteiger partial charge in [0.15, 0.2) is 5.58 Å². The Morgan fingerprint density at radius 1 is 1.03 bits per heavy atom. The van der Waals surface area contributed by atoms with E-state index in [2.05, 4.69) is 25.0 Å². The molecule has 0 aliphatic rings. The summed E-state index contributed by atoms with van der Waals surface area (Å²) in [5.74, 6) is 0.211. The molecule has 0 spiro atoms. The van der Waals surface area contributed by atoms with Crippen LogP contribution in [0.25, 0.3) is 16.7 Å². The van der Waals surface area contributed by atoms with Crippen molar-refractivity contribution >= 4 is 38.3 Å². The summed E-state index contributed by atoms with van der Waals surface area (Å²) < 4.78 is 33.3. The number of nitriles is 1. The number of nitrogens with one attached hydrogen (secondary N) is 2.